The number of phenolic OH excluding ortho intramolecular Hbond substituents is 1. The van der Waals surface area contributed by atoms with Gasteiger partial charge >= 0.3 is 5.97 Å². The number of rotatable bonds is 1. The van der Waals surface area contributed by atoms with Crippen molar-refractivity contribution in [3.8, 4) is 17.6 Å². The monoisotopic (exact) mass is 268 g/mol. The Kier molecular flexibility index (Phi) is 4.19. The van der Waals surface area contributed by atoms with E-state index < -0.39 is 0 Å². The Labute approximate surface area is 96.2 Å². The first-order valence-corrected chi connectivity index (χ1v) is 4.97. The number of ether oxygens (including phenoxy) is 1. The number of carbonyl (C=O) groups excluding carboxylic acids is 1. The fraction of sp³-hybridized carbons (Fsp3) is 0.182. The number of carbonyl (C=O) groups is 1. The first-order chi connectivity index (χ1) is 7.13. The largest absolute Gasteiger partial charge is 0.507 e. The second-order valence-corrected chi connectivity index (χ2v) is 3.58. The van der Waals surface area contributed by atoms with E-state index >= 15 is 0 Å². The lowest BCUT2D eigenvalue weighted by Gasteiger charge is -1.96. The third-order valence-corrected chi connectivity index (χ3v) is 2.28. The van der Waals surface area contributed by atoms with Gasteiger partial charge in [0.1, 0.15) is 12.2 Å². The molecule has 0 aromatic heterocycles. The summed E-state index contributed by atoms with van der Waals surface area (Å²) in [6.45, 7) is 0. The molecule has 0 spiro atoms. The summed E-state index contributed by atoms with van der Waals surface area (Å²) < 4.78 is 5.02. The van der Waals surface area contributed by atoms with Crippen molar-refractivity contribution in [3.05, 3.63) is 28.2 Å². The van der Waals surface area contributed by atoms with E-state index in [0.717, 1.165) is 5.56 Å². The molecule has 0 saturated carbocycles. The molecule has 0 aliphatic carbocycles. The van der Waals surface area contributed by atoms with Crippen LogP contribution < -0.4 is 0 Å². The Bertz CT molecular complexity index is 429. The summed E-state index contributed by atoms with van der Waals surface area (Å²) in [6.07, 6.45) is 0.0645. The van der Waals surface area contributed by atoms with Crippen molar-refractivity contribution in [2.45, 2.75) is 6.42 Å². The molecule has 78 valence electrons. The number of aromatic hydroxyl groups is 1. The Morgan fingerprint density at radius 2 is 2.33 bits per heavy atom. The van der Waals surface area contributed by atoms with Crippen molar-refractivity contribution in [3.63, 3.8) is 0 Å². The third kappa shape index (κ3) is 3.64. The van der Waals surface area contributed by atoms with Crippen LogP contribution in [0.5, 0.6) is 5.75 Å². The van der Waals surface area contributed by atoms with Gasteiger partial charge < -0.3 is 9.84 Å². The van der Waals surface area contributed by atoms with Crippen LogP contribution in [0.4, 0.5) is 0 Å². The number of hydrogen-bond acceptors (Lipinski definition) is 3. The van der Waals surface area contributed by atoms with Gasteiger partial charge in [0, 0.05) is 5.56 Å². The van der Waals surface area contributed by atoms with E-state index in [4.69, 9.17) is 0 Å². The molecular formula is C11H9BrO3. The number of phenols is 1. The van der Waals surface area contributed by atoms with Crippen molar-refractivity contribution in [2.75, 3.05) is 7.11 Å². The molecule has 0 amide bonds. The molecule has 1 aromatic rings. The van der Waals surface area contributed by atoms with Crippen LogP contribution in [-0.4, -0.2) is 18.2 Å². The van der Waals surface area contributed by atoms with Gasteiger partial charge in [0.15, 0.2) is 0 Å². The number of benzene rings is 1. The van der Waals surface area contributed by atoms with Gasteiger partial charge in [-0.05, 0) is 34.1 Å². The molecule has 4 heteroatoms. The SMILES string of the molecule is COC(=O)CC#Cc1ccc(O)c(Br)c1. The maximum atomic E-state index is 10.7. The highest BCUT2D eigenvalue weighted by molar-refractivity contribution is 9.10. The fourth-order valence-corrected chi connectivity index (χ4v) is 1.25. The van der Waals surface area contributed by atoms with Gasteiger partial charge in [-0.15, -0.1) is 0 Å². The number of halogens is 1. The minimum atomic E-state index is -0.361. The van der Waals surface area contributed by atoms with Crippen LogP contribution in [0.2, 0.25) is 0 Å². The first kappa shape index (κ1) is 11.6. The Hall–Kier alpha value is -1.47. The zero-order chi connectivity index (χ0) is 11.3. The predicted octanol–water partition coefficient (Wildman–Crippen LogP) is 2.07. The van der Waals surface area contributed by atoms with Crippen molar-refractivity contribution in [1.29, 1.82) is 0 Å². The second-order valence-electron chi connectivity index (χ2n) is 2.72. The molecule has 0 unspecified atom stereocenters. The molecule has 0 radical (unpaired) electrons. The van der Waals surface area contributed by atoms with Crippen molar-refractivity contribution in [2.24, 2.45) is 0 Å². The van der Waals surface area contributed by atoms with Gasteiger partial charge in [0.25, 0.3) is 0 Å². The van der Waals surface area contributed by atoms with Crippen LogP contribution in [0.25, 0.3) is 0 Å². The number of hydrogen-bond donors (Lipinski definition) is 1. The number of esters is 1. The van der Waals surface area contributed by atoms with E-state index in [1.807, 2.05) is 0 Å². The van der Waals surface area contributed by atoms with E-state index in [1.54, 1.807) is 12.1 Å². The molecule has 0 bridgehead atoms. The molecule has 3 nitrogen and oxygen atoms in total. The van der Waals surface area contributed by atoms with Crippen LogP contribution in [0.1, 0.15) is 12.0 Å². The summed E-state index contributed by atoms with van der Waals surface area (Å²) >= 11 is 3.17. The van der Waals surface area contributed by atoms with Gasteiger partial charge in [-0.2, -0.15) is 0 Å². The predicted molar refractivity (Wildman–Crippen MR) is 59.3 cm³/mol. The standard InChI is InChI=1S/C11H9BrO3/c1-15-11(14)4-2-3-8-5-6-10(13)9(12)7-8/h5-7,13H,4H2,1H3. The molecule has 0 aliphatic heterocycles. The van der Waals surface area contributed by atoms with Gasteiger partial charge in [0.05, 0.1) is 11.6 Å². The Balaban J connectivity index is 2.72. The van der Waals surface area contributed by atoms with Gasteiger partial charge in [0.2, 0.25) is 0 Å². The lowest BCUT2D eigenvalue weighted by Crippen LogP contribution is -1.96. The Morgan fingerprint density at radius 3 is 2.93 bits per heavy atom. The smallest absolute Gasteiger partial charge is 0.317 e. The molecule has 0 saturated heterocycles. The van der Waals surface area contributed by atoms with Gasteiger partial charge in [-0.1, -0.05) is 11.8 Å². The molecule has 0 atom stereocenters. The highest BCUT2D eigenvalue weighted by Gasteiger charge is 1.97. The zero-order valence-electron chi connectivity index (χ0n) is 8.08. The maximum Gasteiger partial charge on any atom is 0.317 e. The molecule has 0 heterocycles. The van der Waals surface area contributed by atoms with Crippen molar-refractivity contribution in [1.82, 2.24) is 0 Å². The molecular weight excluding hydrogens is 260 g/mol. The van der Waals surface area contributed by atoms with Gasteiger partial charge in [-0.25, -0.2) is 0 Å². The average molecular weight is 269 g/mol. The lowest BCUT2D eigenvalue weighted by molar-refractivity contribution is -0.139. The summed E-state index contributed by atoms with van der Waals surface area (Å²) in [4.78, 5) is 10.7. The van der Waals surface area contributed by atoms with E-state index in [1.165, 1.54) is 13.2 Å². The minimum absolute atomic E-state index is 0.0645. The molecule has 0 fully saturated rings. The Morgan fingerprint density at radius 1 is 1.60 bits per heavy atom. The third-order valence-electron chi connectivity index (χ3n) is 1.64. The van der Waals surface area contributed by atoms with E-state index in [-0.39, 0.29) is 18.1 Å². The van der Waals surface area contributed by atoms with Crippen molar-refractivity contribution >= 4 is 21.9 Å². The summed E-state index contributed by atoms with van der Waals surface area (Å²) in [7, 11) is 1.32. The van der Waals surface area contributed by atoms with Crippen LogP contribution in [0.15, 0.2) is 22.7 Å². The van der Waals surface area contributed by atoms with Crippen LogP contribution >= 0.6 is 15.9 Å². The maximum absolute atomic E-state index is 10.7. The topological polar surface area (TPSA) is 46.5 Å². The van der Waals surface area contributed by atoms with Crippen LogP contribution in [0.3, 0.4) is 0 Å². The average Bonchev–Trinajstić information content (AvgIpc) is 2.23. The summed E-state index contributed by atoms with van der Waals surface area (Å²) in [5.41, 5.74) is 0.726. The first-order valence-electron chi connectivity index (χ1n) is 4.17. The molecule has 15 heavy (non-hydrogen) atoms. The van der Waals surface area contributed by atoms with Crippen LogP contribution in [0, 0.1) is 11.8 Å². The minimum Gasteiger partial charge on any atom is -0.507 e. The van der Waals surface area contributed by atoms with Crippen molar-refractivity contribution < 1.29 is 14.6 Å². The highest BCUT2D eigenvalue weighted by Crippen LogP contribution is 2.23. The van der Waals surface area contributed by atoms with E-state index in [0.29, 0.717) is 4.47 Å². The van der Waals surface area contributed by atoms with Crippen LogP contribution in [-0.2, 0) is 9.53 Å². The molecule has 1 N–H and O–H groups in total. The molecule has 1 aromatic carbocycles. The quantitative estimate of drug-likeness (QED) is 0.627. The molecule has 0 aliphatic rings. The highest BCUT2D eigenvalue weighted by atomic mass is 79.9. The zero-order valence-corrected chi connectivity index (χ0v) is 9.67. The summed E-state index contributed by atoms with van der Waals surface area (Å²) in [5.74, 6) is 5.26. The number of methoxy groups -OCH3 is 1. The molecule has 1 rings (SSSR count). The normalized spacial score (nSPS) is 8.93. The second kappa shape index (κ2) is 5.42. The summed E-state index contributed by atoms with van der Waals surface area (Å²) in [5, 5.41) is 9.23. The van der Waals surface area contributed by atoms with E-state index in [9.17, 15) is 9.90 Å². The fourth-order valence-electron chi connectivity index (χ4n) is 0.875. The lowest BCUT2D eigenvalue weighted by atomic mass is 10.2. The van der Waals surface area contributed by atoms with Gasteiger partial charge in [-0.3, -0.25) is 4.79 Å². The summed E-state index contributed by atoms with van der Waals surface area (Å²) in [6, 6.07) is 4.89. The van der Waals surface area contributed by atoms with E-state index in [2.05, 4.69) is 32.5 Å².